The van der Waals surface area contributed by atoms with Gasteiger partial charge in [-0.1, -0.05) is 18.2 Å². The van der Waals surface area contributed by atoms with Gasteiger partial charge in [0, 0.05) is 16.3 Å². The van der Waals surface area contributed by atoms with Crippen LogP contribution in [0.2, 0.25) is 0 Å². The number of benzene rings is 1. The van der Waals surface area contributed by atoms with Crippen LogP contribution in [0.1, 0.15) is 0 Å². The minimum atomic E-state index is -0.181. The summed E-state index contributed by atoms with van der Waals surface area (Å²) in [4.78, 5) is 14.6. The molecule has 0 aliphatic rings. The Hall–Kier alpha value is -2.07. The van der Waals surface area contributed by atoms with E-state index >= 15 is 0 Å². The van der Waals surface area contributed by atoms with E-state index in [-0.39, 0.29) is 11.3 Å². The van der Waals surface area contributed by atoms with E-state index in [4.69, 9.17) is 0 Å². The molecule has 0 atom stereocenters. The average molecular weight is 243 g/mol. The Morgan fingerprint density at radius 3 is 2.59 bits per heavy atom. The number of aromatic nitrogens is 1. The number of pyridine rings is 1. The van der Waals surface area contributed by atoms with Crippen molar-refractivity contribution in [3.8, 4) is 17.0 Å². The summed E-state index contributed by atoms with van der Waals surface area (Å²) in [5.41, 5.74) is 1.13. The van der Waals surface area contributed by atoms with Crippen molar-refractivity contribution in [2.45, 2.75) is 0 Å². The third-order valence-electron chi connectivity index (χ3n) is 2.71. The van der Waals surface area contributed by atoms with Gasteiger partial charge >= 0.3 is 0 Å². The first-order chi connectivity index (χ1) is 8.27. The Labute approximate surface area is 101 Å². The fourth-order valence-electron chi connectivity index (χ4n) is 1.88. The Kier molecular flexibility index (Phi) is 2.23. The lowest BCUT2D eigenvalue weighted by Gasteiger charge is -2.05. The maximum atomic E-state index is 11.9. The monoisotopic (exact) mass is 243 g/mol. The molecular formula is C13H9NO2S. The van der Waals surface area contributed by atoms with Crippen LogP contribution in [0.25, 0.3) is 22.0 Å². The largest absolute Gasteiger partial charge is 0.505 e. The lowest BCUT2D eigenvalue weighted by atomic mass is 10.1. The van der Waals surface area contributed by atoms with E-state index in [2.05, 4.69) is 4.98 Å². The normalized spacial score (nSPS) is 10.8. The van der Waals surface area contributed by atoms with Gasteiger partial charge in [0.25, 0.3) is 5.56 Å². The number of aromatic hydroxyl groups is 1. The first-order valence-corrected chi connectivity index (χ1v) is 6.08. The van der Waals surface area contributed by atoms with Gasteiger partial charge in [-0.3, -0.25) is 4.79 Å². The Bertz CT molecular complexity index is 729. The van der Waals surface area contributed by atoms with Crippen molar-refractivity contribution in [3.63, 3.8) is 0 Å². The summed E-state index contributed by atoms with van der Waals surface area (Å²) in [6.07, 6.45) is 0. The van der Waals surface area contributed by atoms with Crippen molar-refractivity contribution >= 4 is 22.1 Å². The number of hydrogen-bond acceptors (Lipinski definition) is 3. The number of thiophene rings is 1. The second-order valence-corrected chi connectivity index (χ2v) is 4.52. The van der Waals surface area contributed by atoms with E-state index in [0.717, 1.165) is 5.56 Å². The molecule has 0 amide bonds. The van der Waals surface area contributed by atoms with Crippen molar-refractivity contribution in [3.05, 3.63) is 51.4 Å². The smallest absolute Gasteiger partial charge is 0.256 e. The van der Waals surface area contributed by atoms with Crippen molar-refractivity contribution < 1.29 is 5.11 Å². The van der Waals surface area contributed by atoms with Crippen LogP contribution in [-0.4, -0.2) is 10.1 Å². The van der Waals surface area contributed by atoms with Crippen molar-refractivity contribution in [1.82, 2.24) is 4.98 Å². The van der Waals surface area contributed by atoms with E-state index < -0.39 is 0 Å². The molecule has 17 heavy (non-hydrogen) atoms. The Morgan fingerprint density at radius 1 is 1.12 bits per heavy atom. The number of nitrogens with one attached hydrogen (secondary N) is 1. The van der Waals surface area contributed by atoms with Crippen LogP contribution in [0.4, 0.5) is 0 Å². The second kappa shape index (κ2) is 3.75. The number of hydrogen-bond donors (Lipinski definition) is 2. The number of fused-ring (bicyclic) bond motifs is 1. The maximum Gasteiger partial charge on any atom is 0.256 e. The van der Waals surface area contributed by atoms with Crippen LogP contribution in [0.3, 0.4) is 0 Å². The number of aromatic amines is 1. The van der Waals surface area contributed by atoms with Crippen LogP contribution in [0, 0.1) is 0 Å². The summed E-state index contributed by atoms with van der Waals surface area (Å²) in [7, 11) is 0. The molecule has 3 nitrogen and oxygen atoms in total. The molecule has 0 radical (unpaired) electrons. The van der Waals surface area contributed by atoms with Gasteiger partial charge < -0.3 is 10.1 Å². The zero-order chi connectivity index (χ0) is 11.8. The van der Waals surface area contributed by atoms with Gasteiger partial charge in [0.05, 0.1) is 11.1 Å². The molecular weight excluding hydrogens is 234 g/mol. The van der Waals surface area contributed by atoms with Gasteiger partial charge in [0.2, 0.25) is 0 Å². The first kappa shape index (κ1) is 10.1. The van der Waals surface area contributed by atoms with E-state index in [0.29, 0.717) is 16.5 Å². The zero-order valence-corrected chi connectivity index (χ0v) is 9.62. The Morgan fingerprint density at radius 2 is 1.88 bits per heavy atom. The van der Waals surface area contributed by atoms with Crippen LogP contribution >= 0.6 is 11.3 Å². The molecule has 3 aromatic rings. The predicted molar refractivity (Wildman–Crippen MR) is 69.5 cm³/mol. The number of H-pyrrole nitrogens is 1. The average Bonchev–Trinajstić information content (AvgIpc) is 2.87. The Balaban J connectivity index is 2.43. The summed E-state index contributed by atoms with van der Waals surface area (Å²) in [5, 5.41) is 15.1. The third kappa shape index (κ3) is 1.54. The van der Waals surface area contributed by atoms with Gasteiger partial charge in [0.15, 0.2) is 0 Å². The van der Waals surface area contributed by atoms with Crippen LogP contribution in [-0.2, 0) is 0 Å². The summed E-state index contributed by atoms with van der Waals surface area (Å²) in [5.74, 6) is 0.124. The summed E-state index contributed by atoms with van der Waals surface area (Å²) >= 11 is 1.52. The van der Waals surface area contributed by atoms with Gasteiger partial charge in [-0.25, -0.2) is 0 Å². The van der Waals surface area contributed by atoms with Crippen molar-refractivity contribution in [2.24, 2.45) is 0 Å². The highest BCUT2D eigenvalue weighted by Gasteiger charge is 2.11. The third-order valence-corrected chi connectivity index (χ3v) is 3.40. The molecule has 4 heteroatoms. The molecule has 0 saturated heterocycles. The lowest BCUT2D eigenvalue weighted by Crippen LogP contribution is -2.07. The number of rotatable bonds is 1. The molecule has 0 aliphatic carbocycles. The fraction of sp³-hybridized carbons (Fsp3) is 0. The zero-order valence-electron chi connectivity index (χ0n) is 8.81. The highest BCUT2D eigenvalue weighted by atomic mass is 32.1. The highest BCUT2D eigenvalue weighted by molar-refractivity contribution is 7.08. The molecule has 0 aliphatic heterocycles. The fourth-order valence-corrected chi connectivity index (χ4v) is 2.52. The molecule has 84 valence electrons. The first-order valence-electron chi connectivity index (χ1n) is 5.14. The van der Waals surface area contributed by atoms with Gasteiger partial charge in [0.1, 0.15) is 5.75 Å². The molecule has 1 aromatic carbocycles. The minimum Gasteiger partial charge on any atom is -0.505 e. The van der Waals surface area contributed by atoms with Gasteiger partial charge in [-0.15, -0.1) is 0 Å². The lowest BCUT2D eigenvalue weighted by molar-refractivity contribution is 0.481. The molecule has 0 spiro atoms. The van der Waals surface area contributed by atoms with E-state index in [1.807, 2.05) is 16.8 Å². The second-order valence-electron chi connectivity index (χ2n) is 3.74. The SMILES string of the molecule is O=c1[nH]c(-c2ccsc2)c(O)c2ccccc12. The molecule has 0 bridgehead atoms. The highest BCUT2D eigenvalue weighted by Crippen LogP contribution is 2.32. The van der Waals surface area contributed by atoms with Crippen molar-refractivity contribution in [1.29, 1.82) is 0 Å². The van der Waals surface area contributed by atoms with Gasteiger partial charge in [-0.05, 0) is 17.5 Å². The van der Waals surface area contributed by atoms with Crippen LogP contribution in [0.15, 0.2) is 45.9 Å². The van der Waals surface area contributed by atoms with Crippen LogP contribution < -0.4 is 5.56 Å². The van der Waals surface area contributed by atoms with Crippen molar-refractivity contribution in [2.75, 3.05) is 0 Å². The van der Waals surface area contributed by atoms with Crippen LogP contribution in [0.5, 0.6) is 5.75 Å². The molecule has 0 saturated carbocycles. The standard InChI is InChI=1S/C13H9NO2S/c15-12-9-3-1-2-4-10(9)13(16)14-11(12)8-5-6-17-7-8/h1-7,15H,(H,14,16). The van der Waals surface area contributed by atoms with E-state index in [1.54, 1.807) is 24.3 Å². The van der Waals surface area contributed by atoms with E-state index in [9.17, 15) is 9.90 Å². The maximum absolute atomic E-state index is 11.9. The topological polar surface area (TPSA) is 53.1 Å². The summed E-state index contributed by atoms with van der Waals surface area (Å²) < 4.78 is 0. The quantitative estimate of drug-likeness (QED) is 0.690. The molecule has 2 aromatic heterocycles. The molecule has 0 unspecified atom stereocenters. The van der Waals surface area contributed by atoms with E-state index in [1.165, 1.54) is 11.3 Å². The molecule has 2 N–H and O–H groups in total. The van der Waals surface area contributed by atoms with Gasteiger partial charge in [-0.2, -0.15) is 11.3 Å². The summed E-state index contributed by atoms with van der Waals surface area (Å²) in [6.45, 7) is 0. The molecule has 0 fully saturated rings. The predicted octanol–water partition coefficient (Wildman–Crippen LogP) is 2.96. The summed E-state index contributed by atoms with van der Waals surface area (Å²) in [6, 6.07) is 8.89. The minimum absolute atomic E-state index is 0.124. The molecule has 2 heterocycles. The molecule has 3 rings (SSSR count).